The van der Waals surface area contributed by atoms with E-state index in [1.54, 1.807) is 67.8 Å². The summed E-state index contributed by atoms with van der Waals surface area (Å²) in [5.74, 6) is -1.11. The van der Waals surface area contributed by atoms with Crippen LogP contribution in [0.5, 0.6) is 0 Å². The SMILES string of the molecule is CCOC(=O)c1ccc(N(C(=O)c2ccco2)[C@H](C(=O)NC2CCCCC2)c2ccncc2)cc1. The molecule has 0 radical (unpaired) electrons. The van der Waals surface area contributed by atoms with Gasteiger partial charge < -0.3 is 14.5 Å². The quantitative estimate of drug-likeness (QED) is 0.475. The normalized spacial score (nSPS) is 14.7. The van der Waals surface area contributed by atoms with Gasteiger partial charge in [-0.05, 0) is 73.9 Å². The first-order valence-electron chi connectivity index (χ1n) is 11.9. The average molecular weight is 476 g/mol. The molecule has 8 nitrogen and oxygen atoms in total. The molecule has 1 N–H and O–H groups in total. The Morgan fingerprint density at radius 2 is 1.77 bits per heavy atom. The van der Waals surface area contributed by atoms with Crippen molar-refractivity contribution in [1.29, 1.82) is 0 Å². The Morgan fingerprint density at radius 3 is 2.40 bits per heavy atom. The van der Waals surface area contributed by atoms with E-state index in [0.29, 0.717) is 16.8 Å². The molecule has 35 heavy (non-hydrogen) atoms. The molecule has 8 heteroatoms. The van der Waals surface area contributed by atoms with Crippen molar-refractivity contribution in [3.8, 4) is 0 Å². The lowest BCUT2D eigenvalue weighted by Gasteiger charge is -2.33. The number of amides is 2. The molecule has 0 saturated heterocycles. The number of carbonyl (C=O) groups is 3. The largest absolute Gasteiger partial charge is 0.462 e. The van der Waals surface area contributed by atoms with Crippen molar-refractivity contribution < 1.29 is 23.5 Å². The summed E-state index contributed by atoms with van der Waals surface area (Å²) in [5.41, 5.74) is 1.41. The smallest absolute Gasteiger partial charge is 0.338 e. The highest BCUT2D eigenvalue weighted by atomic mass is 16.5. The number of benzene rings is 1. The summed E-state index contributed by atoms with van der Waals surface area (Å²) in [6.07, 6.45) is 9.72. The molecule has 2 amide bonds. The first-order valence-corrected chi connectivity index (χ1v) is 11.9. The molecule has 3 aromatic rings. The lowest BCUT2D eigenvalue weighted by molar-refractivity contribution is -0.123. The minimum atomic E-state index is -0.967. The minimum Gasteiger partial charge on any atom is -0.462 e. The second kappa shape index (κ2) is 11.5. The van der Waals surface area contributed by atoms with E-state index in [-0.39, 0.29) is 24.3 Å². The predicted molar refractivity (Wildman–Crippen MR) is 130 cm³/mol. The third-order valence-corrected chi connectivity index (χ3v) is 6.09. The topological polar surface area (TPSA) is 102 Å². The summed E-state index contributed by atoms with van der Waals surface area (Å²) in [6, 6.07) is 12.2. The van der Waals surface area contributed by atoms with Crippen LogP contribution in [0.1, 0.15) is 71.5 Å². The van der Waals surface area contributed by atoms with Crippen molar-refractivity contribution >= 4 is 23.5 Å². The Hall–Kier alpha value is -3.94. The lowest BCUT2D eigenvalue weighted by Crippen LogP contribution is -2.47. The zero-order valence-electron chi connectivity index (χ0n) is 19.7. The molecule has 0 bridgehead atoms. The molecule has 1 saturated carbocycles. The van der Waals surface area contributed by atoms with Crippen LogP contribution < -0.4 is 10.2 Å². The van der Waals surface area contributed by atoms with Gasteiger partial charge in [0.05, 0.1) is 18.4 Å². The number of furan rings is 1. The van der Waals surface area contributed by atoms with Crippen LogP contribution in [-0.2, 0) is 9.53 Å². The predicted octanol–water partition coefficient (Wildman–Crippen LogP) is 4.69. The molecule has 1 fully saturated rings. The lowest BCUT2D eigenvalue weighted by atomic mass is 9.94. The average Bonchev–Trinajstić information content (AvgIpc) is 3.43. The summed E-state index contributed by atoms with van der Waals surface area (Å²) in [4.78, 5) is 45.0. The number of esters is 1. The Morgan fingerprint density at radius 1 is 1.06 bits per heavy atom. The van der Waals surface area contributed by atoms with Gasteiger partial charge >= 0.3 is 5.97 Å². The van der Waals surface area contributed by atoms with Crippen molar-refractivity contribution in [3.63, 3.8) is 0 Å². The van der Waals surface area contributed by atoms with Crippen LogP contribution in [-0.4, -0.2) is 35.4 Å². The molecule has 2 aromatic heterocycles. The number of pyridine rings is 1. The van der Waals surface area contributed by atoms with Crippen molar-refractivity contribution in [2.24, 2.45) is 0 Å². The molecule has 4 rings (SSSR count). The first kappa shape index (κ1) is 24.2. The van der Waals surface area contributed by atoms with Crippen LogP contribution in [0, 0.1) is 0 Å². The van der Waals surface area contributed by atoms with E-state index in [4.69, 9.17) is 9.15 Å². The number of rotatable bonds is 8. The number of nitrogens with zero attached hydrogens (tertiary/aromatic N) is 2. The van der Waals surface area contributed by atoms with Crippen LogP contribution in [0.4, 0.5) is 5.69 Å². The molecule has 0 unspecified atom stereocenters. The number of hydrogen-bond acceptors (Lipinski definition) is 6. The fraction of sp³-hybridized carbons (Fsp3) is 0.333. The van der Waals surface area contributed by atoms with Gasteiger partial charge in [-0.25, -0.2) is 4.79 Å². The van der Waals surface area contributed by atoms with E-state index in [0.717, 1.165) is 32.1 Å². The van der Waals surface area contributed by atoms with E-state index >= 15 is 0 Å². The van der Waals surface area contributed by atoms with Gasteiger partial charge in [0.1, 0.15) is 6.04 Å². The maximum absolute atomic E-state index is 13.7. The third kappa shape index (κ3) is 5.77. The molecule has 1 aliphatic carbocycles. The van der Waals surface area contributed by atoms with Gasteiger partial charge in [0.15, 0.2) is 5.76 Å². The molecular weight excluding hydrogens is 446 g/mol. The molecule has 0 spiro atoms. The number of anilines is 1. The van der Waals surface area contributed by atoms with Gasteiger partial charge in [0.2, 0.25) is 5.91 Å². The van der Waals surface area contributed by atoms with E-state index in [1.165, 1.54) is 11.2 Å². The second-order valence-corrected chi connectivity index (χ2v) is 8.45. The molecule has 1 aromatic carbocycles. The Kier molecular flexibility index (Phi) is 7.92. The fourth-order valence-corrected chi connectivity index (χ4v) is 4.37. The number of aromatic nitrogens is 1. The summed E-state index contributed by atoms with van der Waals surface area (Å²) in [6.45, 7) is 2.00. The first-order chi connectivity index (χ1) is 17.1. The molecule has 1 atom stereocenters. The highest BCUT2D eigenvalue weighted by Crippen LogP contribution is 2.31. The Labute approximate surface area is 204 Å². The summed E-state index contributed by atoms with van der Waals surface area (Å²) in [7, 11) is 0. The van der Waals surface area contributed by atoms with Crippen molar-refractivity contribution in [2.45, 2.75) is 51.1 Å². The Bertz CT molecular complexity index is 1120. The van der Waals surface area contributed by atoms with E-state index in [9.17, 15) is 14.4 Å². The molecular formula is C27H29N3O5. The molecule has 1 aliphatic rings. The zero-order valence-corrected chi connectivity index (χ0v) is 19.7. The maximum atomic E-state index is 13.7. The maximum Gasteiger partial charge on any atom is 0.338 e. The number of hydrogen-bond donors (Lipinski definition) is 1. The van der Waals surface area contributed by atoms with Gasteiger partial charge in [-0.2, -0.15) is 0 Å². The zero-order chi connectivity index (χ0) is 24.6. The number of nitrogens with one attached hydrogen (secondary N) is 1. The van der Waals surface area contributed by atoms with E-state index in [1.807, 2.05) is 0 Å². The van der Waals surface area contributed by atoms with Crippen LogP contribution in [0.3, 0.4) is 0 Å². The van der Waals surface area contributed by atoms with Crippen molar-refractivity contribution in [2.75, 3.05) is 11.5 Å². The highest BCUT2D eigenvalue weighted by molar-refractivity contribution is 6.09. The van der Waals surface area contributed by atoms with Crippen LogP contribution in [0.25, 0.3) is 0 Å². The number of ether oxygens (including phenoxy) is 1. The van der Waals surface area contributed by atoms with Gasteiger partial charge in [0.25, 0.3) is 5.91 Å². The van der Waals surface area contributed by atoms with Crippen LogP contribution in [0.2, 0.25) is 0 Å². The summed E-state index contributed by atoms with van der Waals surface area (Å²) in [5, 5.41) is 3.16. The fourth-order valence-electron chi connectivity index (χ4n) is 4.37. The second-order valence-electron chi connectivity index (χ2n) is 8.45. The van der Waals surface area contributed by atoms with Crippen molar-refractivity contribution in [3.05, 3.63) is 84.1 Å². The molecule has 182 valence electrons. The number of carbonyl (C=O) groups excluding carboxylic acids is 3. The minimum absolute atomic E-state index is 0.0624. The molecule has 2 heterocycles. The highest BCUT2D eigenvalue weighted by Gasteiger charge is 2.35. The van der Waals surface area contributed by atoms with E-state index in [2.05, 4.69) is 10.3 Å². The van der Waals surface area contributed by atoms with Gasteiger partial charge in [-0.1, -0.05) is 19.3 Å². The van der Waals surface area contributed by atoms with Crippen molar-refractivity contribution in [1.82, 2.24) is 10.3 Å². The van der Waals surface area contributed by atoms with Gasteiger partial charge in [-0.15, -0.1) is 0 Å². The van der Waals surface area contributed by atoms with E-state index < -0.39 is 17.9 Å². The third-order valence-electron chi connectivity index (χ3n) is 6.09. The van der Waals surface area contributed by atoms with Crippen LogP contribution in [0.15, 0.2) is 71.6 Å². The monoisotopic (exact) mass is 475 g/mol. The summed E-state index contributed by atoms with van der Waals surface area (Å²) >= 11 is 0. The van der Waals surface area contributed by atoms with Gasteiger partial charge in [0, 0.05) is 24.1 Å². The van der Waals surface area contributed by atoms with Crippen LogP contribution >= 0.6 is 0 Å². The molecule has 0 aliphatic heterocycles. The standard InChI is InChI=1S/C27H29N3O5/c1-2-34-27(33)20-10-12-22(13-11-20)30(26(32)23-9-6-18-35-23)24(19-14-16-28-17-15-19)25(31)29-21-7-4-3-5-8-21/h6,9-18,21,24H,2-5,7-8H2,1H3,(H,29,31)/t24-/m0/s1. The Balaban J connectivity index is 1.74. The van der Waals surface area contributed by atoms with Gasteiger partial charge in [-0.3, -0.25) is 19.5 Å². The summed E-state index contributed by atoms with van der Waals surface area (Å²) < 4.78 is 10.5.